The highest BCUT2D eigenvalue weighted by molar-refractivity contribution is 7.32. The Morgan fingerprint density at radius 2 is 2.06 bits per heavy atom. The largest absolute Gasteiger partial charge is 0.694 e. The lowest BCUT2D eigenvalue weighted by molar-refractivity contribution is 0.139. The van der Waals surface area contributed by atoms with E-state index in [4.69, 9.17) is 9.63 Å². The van der Waals surface area contributed by atoms with E-state index in [2.05, 4.69) is 9.84 Å². The lowest BCUT2D eigenvalue weighted by Gasteiger charge is -2.05. The molecule has 98 valence electrons. The molecule has 2 N–H and O–H groups in total. The molecule has 7 heteroatoms. The molecule has 1 aromatic rings. The molecular weight excluding hydrogens is 257 g/mol. The second-order valence-electron chi connectivity index (χ2n) is 3.41. The van der Waals surface area contributed by atoms with Gasteiger partial charge in [-0.05, 0) is 12.0 Å². The Kier molecular flexibility index (Phi) is 6.94. The zero-order valence-electron chi connectivity index (χ0n) is 9.74. The lowest BCUT2D eigenvalue weighted by atomic mass is 10.2. The third-order valence-corrected chi connectivity index (χ3v) is 2.41. The fourth-order valence-electron chi connectivity index (χ4n) is 1.18. The zero-order valence-corrected chi connectivity index (χ0v) is 10.6. The lowest BCUT2D eigenvalue weighted by Crippen LogP contribution is -2.25. The molecule has 0 fully saturated rings. The summed E-state index contributed by atoms with van der Waals surface area (Å²) in [5.41, 5.74) is 0.910. The van der Waals surface area contributed by atoms with Crippen LogP contribution in [0.2, 0.25) is 0 Å². The number of amides is 1. The number of carbonyl (C=O) groups excluding carboxylic acids is 1. The number of hydrogen-bond acceptors (Lipinski definition) is 4. The van der Waals surface area contributed by atoms with Crippen LogP contribution in [-0.2, 0) is 20.4 Å². The predicted octanol–water partition coefficient (Wildman–Crippen LogP) is 1.97. The summed E-state index contributed by atoms with van der Waals surface area (Å²) in [6.07, 6.45) is -0.0746. The number of hydrogen-bond donors (Lipinski definition) is 2. The highest BCUT2D eigenvalue weighted by atomic mass is 31.1. The number of ether oxygens (including phenoxy) is 1. The maximum atomic E-state index is 11.2. The number of nitrogens with one attached hydrogen (secondary N) is 1. The summed E-state index contributed by atoms with van der Waals surface area (Å²) in [6, 6.07) is 9.33. The van der Waals surface area contributed by atoms with E-state index < -0.39 is 14.3 Å². The average Bonchev–Trinajstić information content (AvgIpc) is 2.37. The second-order valence-corrected chi connectivity index (χ2v) is 4.15. The van der Waals surface area contributed by atoms with Gasteiger partial charge in [0.2, 0.25) is 0 Å². The van der Waals surface area contributed by atoms with Crippen molar-refractivity contribution in [1.29, 1.82) is 0 Å². The van der Waals surface area contributed by atoms with Crippen molar-refractivity contribution < 1.29 is 23.5 Å². The average molecular weight is 272 g/mol. The van der Waals surface area contributed by atoms with Gasteiger partial charge in [-0.1, -0.05) is 30.3 Å². The summed E-state index contributed by atoms with van der Waals surface area (Å²) >= 11 is 0. The molecule has 0 aliphatic rings. The molecule has 0 bridgehead atoms. The smallest absolute Gasteiger partial charge is 0.445 e. The van der Waals surface area contributed by atoms with Crippen LogP contribution in [0.15, 0.2) is 30.3 Å². The van der Waals surface area contributed by atoms with E-state index in [1.54, 1.807) is 0 Å². The van der Waals surface area contributed by atoms with Gasteiger partial charge in [0.1, 0.15) is 13.2 Å². The van der Waals surface area contributed by atoms with Gasteiger partial charge in [0.25, 0.3) is 0 Å². The van der Waals surface area contributed by atoms with Gasteiger partial charge >= 0.3 is 14.3 Å². The summed E-state index contributed by atoms with van der Waals surface area (Å²) in [7, 11) is -2.56. The molecular formula is C11H15NO5P+. The first-order valence-corrected chi connectivity index (χ1v) is 6.55. The number of rotatable bonds is 7. The molecule has 18 heavy (non-hydrogen) atoms. The van der Waals surface area contributed by atoms with Gasteiger partial charge in [0, 0.05) is 11.1 Å². The molecule has 0 saturated carbocycles. The van der Waals surface area contributed by atoms with Crippen LogP contribution in [0.1, 0.15) is 12.0 Å². The van der Waals surface area contributed by atoms with E-state index in [9.17, 15) is 9.36 Å². The molecule has 0 heterocycles. The normalized spacial score (nSPS) is 10.8. The van der Waals surface area contributed by atoms with E-state index in [1.165, 1.54) is 0 Å². The van der Waals surface area contributed by atoms with Crippen molar-refractivity contribution in [1.82, 2.24) is 5.32 Å². The number of benzene rings is 1. The molecule has 1 amide bonds. The zero-order chi connectivity index (χ0) is 13.2. The Labute approximate surface area is 106 Å². The van der Waals surface area contributed by atoms with E-state index in [1.807, 2.05) is 30.3 Å². The van der Waals surface area contributed by atoms with Crippen LogP contribution in [0.5, 0.6) is 0 Å². The summed E-state index contributed by atoms with van der Waals surface area (Å²) in [5.74, 6) is 0. The standard InChI is InChI=1S/C11H14NO5P/c13-11(12-7-4-8-17-18(14)15)16-9-10-5-2-1-3-6-10/h1-3,5-6H,4,7-9H2,(H-,12,13,14,15)/p+1. The molecule has 1 unspecified atom stereocenters. The monoisotopic (exact) mass is 272 g/mol. The molecule has 0 spiro atoms. The first-order valence-electron chi connectivity index (χ1n) is 5.42. The van der Waals surface area contributed by atoms with Crippen LogP contribution in [0.25, 0.3) is 0 Å². The van der Waals surface area contributed by atoms with Crippen LogP contribution in [0.3, 0.4) is 0 Å². The Bertz CT molecular complexity index is 384. The van der Waals surface area contributed by atoms with Gasteiger partial charge in [-0.3, -0.25) is 0 Å². The van der Waals surface area contributed by atoms with Gasteiger partial charge in [-0.2, -0.15) is 0 Å². The second kappa shape index (κ2) is 8.58. The fraction of sp³-hybridized carbons (Fsp3) is 0.364. The molecule has 0 radical (unpaired) electrons. The van der Waals surface area contributed by atoms with E-state index in [-0.39, 0.29) is 13.2 Å². The number of alkyl carbamates (subject to hydrolysis) is 1. The number of carbonyl (C=O) groups is 1. The van der Waals surface area contributed by atoms with Gasteiger partial charge in [-0.15, -0.1) is 9.42 Å². The van der Waals surface area contributed by atoms with Crippen molar-refractivity contribution in [2.45, 2.75) is 13.0 Å². The Morgan fingerprint density at radius 1 is 1.33 bits per heavy atom. The van der Waals surface area contributed by atoms with Crippen molar-refractivity contribution >= 4 is 14.3 Å². The summed E-state index contributed by atoms with van der Waals surface area (Å²) in [6.45, 7) is 0.660. The van der Waals surface area contributed by atoms with Gasteiger partial charge < -0.3 is 10.1 Å². The fourth-order valence-corrected chi connectivity index (χ4v) is 1.46. The minimum absolute atomic E-state index is 0.116. The Balaban J connectivity index is 2.06. The molecule has 1 aromatic carbocycles. The minimum atomic E-state index is -2.56. The van der Waals surface area contributed by atoms with Crippen LogP contribution in [-0.4, -0.2) is 24.1 Å². The molecule has 0 aliphatic carbocycles. The van der Waals surface area contributed by atoms with Crippen molar-refractivity contribution in [3.63, 3.8) is 0 Å². The molecule has 0 saturated heterocycles. The minimum Gasteiger partial charge on any atom is -0.445 e. The third-order valence-electron chi connectivity index (χ3n) is 2.00. The Morgan fingerprint density at radius 3 is 2.72 bits per heavy atom. The summed E-state index contributed by atoms with van der Waals surface area (Å²) in [4.78, 5) is 19.6. The molecule has 6 nitrogen and oxygen atoms in total. The highest BCUT2D eigenvalue weighted by Gasteiger charge is 2.10. The molecule has 1 atom stereocenters. The van der Waals surface area contributed by atoms with Crippen LogP contribution in [0.4, 0.5) is 4.79 Å². The van der Waals surface area contributed by atoms with Crippen molar-refractivity contribution in [3.8, 4) is 0 Å². The SMILES string of the molecule is O=C(NCCCO[P+](=O)O)OCc1ccccc1. The van der Waals surface area contributed by atoms with Crippen molar-refractivity contribution in [2.75, 3.05) is 13.2 Å². The highest BCUT2D eigenvalue weighted by Crippen LogP contribution is 2.13. The van der Waals surface area contributed by atoms with E-state index in [0.717, 1.165) is 5.56 Å². The first-order chi connectivity index (χ1) is 8.68. The van der Waals surface area contributed by atoms with Gasteiger partial charge in [0.15, 0.2) is 0 Å². The van der Waals surface area contributed by atoms with E-state index in [0.29, 0.717) is 13.0 Å². The summed E-state index contributed by atoms with van der Waals surface area (Å²) < 4.78 is 19.6. The quantitative estimate of drug-likeness (QED) is 0.585. The Hall–Kier alpha value is -1.49. The van der Waals surface area contributed by atoms with Gasteiger partial charge in [-0.25, -0.2) is 4.79 Å². The molecule has 0 aliphatic heterocycles. The molecule has 0 aromatic heterocycles. The van der Waals surface area contributed by atoms with Gasteiger partial charge in [0.05, 0.1) is 0 Å². The van der Waals surface area contributed by atoms with Crippen LogP contribution >= 0.6 is 8.25 Å². The van der Waals surface area contributed by atoms with Crippen LogP contribution < -0.4 is 5.32 Å². The third kappa shape index (κ3) is 6.96. The topological polar surface area (TPSA) is 84.9 Å². The maximum absolute atomic E-state index is 11.2. The van der Waals surface area contributed by atoms with Crippen molar-refractivity contribution in [2.24, 2.45) is 0 Å². The molecule has 1 rings (SSSR count). The maximum Gasteiger partial charge on any atom is 0.694 e. The first kappa shape index (κ1) is 14.6. The van der Waals surface area contributed by atoms with Crippen molar-refractivity contribution in [3.05, 3.63) is 35.9 Å². The summed E-state index contributed by atoms with van der Waals surface area (Å²) in [5, 5.41) is 2.51. The predicted molar refractivity (Wildman–Crippen MR) is 65.0 cm³/mol. The van der Waals surface area contributed by atoms with E-state index >= 15 is 0 Å². The van der Waals surface area contributed by atoms with Crippen LogP contribution in [0, 0.1) is 0 Å².